The Hall–Kier alpha value is -0.920. The van der Waals surface area contributed by atoms with Crippen LogP contribution in [0.15, 0.2) is 21.5 Å². The summed E-state index contributed by atoms with van der Waals surface area (Å²) in [6.07, 6.45) is 0. The Bertz CT molecular complexity index is 547. The van der Waals surface area contributed by atoms with Crippen molar-refractivity contribution in [1.82, 2.24) is 10.1 Å². The first-order valence-corrected chi connectivity index (χ1v) is 7.23. The van der Waals surface area contributed by atoms with Crippen molar-refractivity contribution < 1.29 is 12.9 Å². The zero-order valence-electron chi connectivity index (χ0n) is 7.25. The van der Waals surface area contributed by atoms with Crippen molar-refractivity contribution in [3.8, 4) is 11.5 Å². The normalized spacial score (nSPS) is 11.8. The quantitative estimate of drug-likeness (QED) is 0.791. The molecule has 0 aliphatic heterocycles. The molecule has 0 amide bonds. The molecule has 2 aromatic rings. The SMILES string of the molecule is O=S(=O)(Cl)Cc1cc(-c2cscn2)on1. The van der Waals surface area contributed by atoms with Gasteiger partial charge >= 0.3 is 0 Å². The van der Waals surface area contributed by atoms with Gasteiger partial charge in [0.2, 0.25) is 9.05 Å². The van der Waals surface area contributed by atoms with Crippen LogP contribution in [0.4, 0.5) is 0 Å². The highest BCUT2D eigenvalue weighted by atomic mass is 35.7. The lowest BCUT2D eigenvalue weighted by molar-refractivity contribution is 0.425. The molecule has 0 aromatic carbocycles. The predicted octanol–water partition coefficient (Wildman–Crippen LogP) is 1.87. The summed E-state index contributed by atoms with van der Waals surface area (Å²) in [7, 11) is 1.48. The Morgan fingerprint density at radius 2 is 2.33 bits per heavy atom. The second-order valence-corrected chi connectivity index (χ2v) is 6.23. The van der Waals surface area contributed by atoms with Crippen LogP contribution in [0, 0.1) is 0 Å². The molecule has 80 valence electrons. The highest BCUT2D eigenvalue weighted by Gasteiger charge is 2.13. The van der Waals surface area contributed by atoms with Gasteiger partial charge in [-0.25, -0.2) is 13.4 Å². The van der Waals surface area contributed by atoms with Crippen LogP contribution in [0.1, 0.15) is 5.69 Å². The molecule has 0 atom stereocenters. The van der Waals surface area contributed by atoms with Gasteiger partial charge in [-0.1, -0.05) is 5.16 Å². The lowest BCUT2D eigenvalue weighted by Crippen LogP contribution is -1.94. The minimum atomic E-state index is -3.60. The van der Waals surface area contributed by atoms with Gasteiger partial charge in [0.15, 0.2) is 5.76 Å². The van der Waals surface area contributed by atoms with Gasteiger partial charge in [0.1, 0.15) is 17.1 Å². The van der Waals surface area contributed by atoms with Crippen molar-refractivity contribution in [3.05, 3.63) is 22.7 Å². The van der Waals surface area contributed by atoms with E-state index in [1.807, 2.05) is 0 Å². The van der Waals surface area contributed by atoms with E-state index in [0.29, 0.717) is 11.5 Å². The van der Waals surface area contributed by atoms with Crippen LogP contribution >= 0.6 is 22.0 Å². The summed E-state index contributed by atoms with van der Waals surface area (Å²) in [5.74, 6) is 0.0916. The summed E-state index contributed by atoms with van der Waals surface area (Å²) in [5, 5.41) is 5.36. The average molecular weight is 265 g/mol. The van der Waals surface area contributed by atoms with Crippen LogP contribution in [0.25, 0.3) is 11.5 Å². The molecule has 0 bridgehead atoms. The van der Waals surface area contributed by atoms with Crippen LogP contribution in [0.5, 0.6) is 0 Å². The molecule has 5 nitrogen and oxygen atoms in total. The Labute approximate surface area is 94.1 Å². The zero-order chi connectivity index (χ0) is 10.9. The summed E-state index contributed by atoms with van der Waals surface area (Å²) >= 11 is 1.41. The molecule has 0 radical (unpaired) electrons. The summed E-state index contributed by atoms with van der Waals surface area (Å²) in [6.45, 7) is 0. The number of halogens is 1. The topological polar surface area (TPSA) is 73.1 Å². The smallest absolute Gasteiger partial charge is 0.238 e. The fourth-order valence-corrected chi connectivity index (χ4v) is 2.38. The lowest BCUT2D eigenvalue weighted by Gasteiger charge is -1.86. The highest BCUT2D eigenvalue weighted by molar-refractivity contribution is 8.13. The Morgan fingerprint density at radius 1 is 1.53 bits per heavy atom. The van der Waals surface area contributed by atoms with E-state index in [9.17, 15) is 8.42 Å². The van der Waals surface area contributed by atoms with Gasteiger partial charge in [-0.15, -0.1) is 11.3 Å². The third-order valence-electron chi connectivity index (χ3n) is 1.56. The molecule has 0 saturated heterocycles. The molecule has 0 spiro atoms. The third kappa shape index (κ3) is 2.77. The number of aromatic nitrogens is 2. The van der Waals surface area contributed by atoms with Crippen molar-refractivity contribution in [1.29, 1.82) is 0 Å². The van der Waals surface area contributed by atoms with E-state index in [1.165, 1.54) is 17.4 Å². The second kappa shape index (κ2) is 3.92. The molecule has 2 rings (SSSR count). The molecule has 0 saturated carbocycles. The van der Waals surface area contributed by atoms with E-state index in [4.69, 9.17) is 15.2 Å². The minimum Gasteiger partial charge on any atom is -0.354 e. The van der Waals surface area contributed by atoms with Crippen LogP contribution in [-0.2, 0) is 14.8 Å². The summed E-state index contributed by atoms with van der Waals surface area (Å²) in [4.78, 5) is 4.00. The van der Waals surface area contributed by atoms with E-state index in [-0.39, 0.29) is 11.4 Å². The number of thiazole rings is 1. The van der Waals surface area contributed by atoms with Gasteiger partial charge in [-0.3, -0.25) is 0 Å². The second-order valence-electron chi connectivity index (χ2n) is 2.74. The molecule has 0 aliphatic rings. The van der Waals surface area contributed by atoms with Gasteiger partial charge in [-0.05, 0) is 0 Å². The first-order chi connectivity index (χ1) is 7.04. The maximum Gasteiger partial charge on any atom is 0.238 e. The number of rotatable bonds is 3. The molecule has 15 heavy (non-hydrogen) atoms. The monoisotopic (exact) mass is 264 g/mol. The van der Waals surface area contributed by atoms with E-state index in [1.54, 1.807) is 10.9 Å². The highest BCUT2D eigenvalue weighted by Crippen LogP contribution is 2.21. The van der Waals surface area contributed by atoms with Crippen molar-refractivity contribution >= 4 is 31.1 Å². The Balaban J connectivity index is 2.25. The third-order valence-corrected chi connectivity index (χ3v) is 3.12. The fourth-order valence-electron chi connectivity index (χ4n) is 1.01. The van der Waals surface area contributed by atoms with Crippen molar-refractivity contribution in [2.45, 2.75) is 5.75 Å². The van der Waals surface area contributed by atoms with Gasteiger partial charge in [0.05, 0.1) is 5.51 Å². The van der Waals surface area contributed by atoms with Gasteiger partial charge in [-0.2, -0.15) is 0 Å². The Kier molecular flexibility index (Phi) is 2.76. The van der Waals surface area contributed by atoms with Crippen molar-refractivity contribution in [2.75, 3.05) is 0 Å². The van der Waals surface area contributed by atoms with E-state index >= 15 is 0 Å². The summed E-state index contributed by atoms with van der Waals surface area (Å²) in [6, 6.07) is 1.51. The minimum absolute atomic E-state index is 0.271. The molecular weight excluding hydrogens is 260 g/mol. The predicted molar refractivity (Wildman–Crippen MR) is 56.1 cm³/mol. The number of hydrogen-bond acceptors (Lipinski definition) is 6. The van der Waals surface area contributed by atoms with Crippen molar-refractivity contribution in [3.63, 3.8) is 0 Å². The van der Waals surface area contributed by atoms with E-state index < -0.39 is 9.05 Å². The van der Waals surface area contributed by atoms with Crippen LogP contribution in [-0.4, -0.2) is 18.6 Å². The zero-order valence-corrected chi connectivity index (χ0v) is 9.64. The first kappa shape index (κ1) is 10.6. The summed E-state index contributed by atoms with van der Waals surface area (Å²) < 4.78 is 26.5. The van der Waals surface area contributed by atoms with Crippen LogP contribution in [0.3, 0.4) is 0 Å². The maximum absolute atomic E-state index is 10.8. The maximum atomic E-state index is 10.8. The number of nitrogens with zero attached hydrogens (tertiary/aromatic N) is 2. The molecule has 0 aliphatic carbocycles. The molecular formula is C7H5ClN2O3S2. The van der Waals surface area contributed by atoms with Crippen LogP contribution < -0.4 is 0 Å². The molecule has 2 heterocycles. The van der Waals surface area contributed by atoms with Crippen LogP contribution in [0.2, 0.25) is 0 Å². The molecule has 0 unspecified atom stereocenters. The molecule has 2 aromatic heterocycles. The van der Waals surface area contributed by atoms with Crippen molar-refractivity contribution in [2.24, 2.45) is 0 Å². The van der Waals surface area contributed by atoms with Gasteiger partial charge < -0.3 is 4.52 Å². The van der Waals surface area contributed by atoms with Gasteiger partial charge in [0, 0.05) is 22.1 Å². The lowest BCUT2D eigenvalue weighted by atomic mass is 10.3. The Morgan fingerprint density at radius 3 is 2.93 bits per heavy atom. The molecule has 0 N–H and O–H groups in total. The average Bonchev–Trinajstić information content (AvgIpc) is 2.68. The largest absolute Gasteiger partial charge is 0.354 e. The van der Waals surface area contributed by atoms with E-state index in [0.717, 1.165) is 0 Å². The van der Waals surface area contributed by atoms with Gasteiger partial charge in [0.25, 0.3) is 0 Å². The standard InChI is InChI=1S/C7H5ClN2O3S2/c8-15(11,12)3-5-1-7(13-10-5)6-2-14-4-9-6/h1-2,4H,3H2. The summed E-state index contributed by atoms with van der Waals surface area (Å²) in [5.41, 5.74) is 2.55. The number of hydrogen-bond donors (Lipinski definition) is 0. The fraction of sp³-hybridized carbons (Fsp3) is 0.143. The molecule has 0 fully saturated rings. The molecule has 8 heteroatoms. The van der Waals surface area contributed by atoms with E-state index in [2.05, 4.69) is 10.1 Å². The first-order valence-electron chi connectivity index (χ1n) is 3.81.